The van der Waals surface area contributed by atoms with E-state index >= 15 is 0 Å². The van der Waals surface area contributed by atoms with E-state index in [9.17, 15) is 15.2 Å². The molecule has 0 bridgehead atoms. The highest BCUT2D eigenvalue weighted by Crippen LogP contribution is 2.36. The second-order valence-electron chi connectivity index (χ2n) is 7.07. The van der Waals surface area contributed by atoms with E-state index in [2.05, 4.69) is 4.90 Å². The van der Waals surface area contributed by atoms with Gasteiger partial charge in [0.25, 0.3) is 17.2 Å². The van der Waals surface area contributed by atoms with Crippen LogP contribution < -0.4 is 4.90 Å². The zero-order valence-electron chi connectivity index (χ0n) is 14.8. The predicted octanol–water partition coefficient (Wildman–Crippen LogP) is 3.90. The van der Waals surface area contributed by atoms with Crippen molar-refractivity contribution >= 4 is 28.8 Å². The number of anilines is 1. The monoisotopic (exact) mass is 386 g/mol. The Morgan fingerprint density at radius 3 is 2.67 bits per heavy atom. The molecular weight excluding hydrogens is 366 g/mol. The van der Waals surface area contributed by atoms with E-state index < -0.39 is 10.6 Å². The quantitative estimate of drug-likeness (QED) is 0.493. The lowest BCUT2D eigenvalue weighted by molar-refractivity contribution is -0.658. The second-order valence-corrected chi connectivity index (χ2v) is 7.50. The fraction of sp³-hybridized carbons (Fsp3) is 0.350. The molecule has 7 heteroatoms. The number of non-ortho nitro benzene ring substituents is 1. The van der Waals surface area contributed by atoms with Gasteiger partial charge in [-0.2, -0.15) is 0 Å². The Balaban J connectivity index is 1.81. The van der Waals surface area contributed by atoms with Crippen molar-refractivity contribution in [2.24, 2.45) is 0 Å². The first-order valence-electron chi connectivity index (χ1n) is 9.13. The fourth-order valence-electron chi connectivity index (χ4n) is 4.05. The maximum atomic E-state index is 11.7. The zero-order valence-corrected chi connectivity index (χ0v) is 15.6. The van der Waals surface area contributed by atoms with Crippen molar-refractivity contribution in [1.29, 1.82) is 0 Å². The number of amidine groups is 1. The van der Waals surface area contributed by atoms with Gasteiger partial charge in [0.15, 0.2) is 6.54 Å². The van der Waals surface area contributed by atoms with Crippen molar-refractivity contribution in [1.82, 2.24) is 0 Å². The molecule has 2 aromatic rings. The summed E-state index contributed by atoms with van der Waals surface area (Å²) in [4.78, 5) is 12.9. The van der Waals surface area contributed by atoms with Crippen LogP contribution in [0.5, 0.6) is 0 Å². The average Bonchev–Trinajstić information content (AvgIpc) is 2.83. The number of nitro benzene ring substituents is 1. The Kier molecular flexibility index (Phi) is 4.61. The molecule has 0 saturated carbocycles. The summed E-state index contributed by atoms with van der Waals surface area (Å²) in [5.41, 5.74) is 0.197. The van der Waals surface area contributed by atoms with E-state index in [1.807, 2.05) is 28.8 Å². The molecule has 27 heavy (non-hydrogen) atoms. The van der Waals surface area contributed by atoms with Crippen LogP contribution in [0, 0.1) is 10.1 Å². The third-order valence-electron chi connectivity index (χ3n) is 5.39. The summed E-state index contributed by atoms with van der Waals surface area (Å²) in [5, 5.41) is 23.6. The minimum atomic E-state index is -1.30. The van der Waals surface area contributed by atoms with Crippen molar-refractivity contribution in [2.45, 2.75) is 31.4 Å². The third-order valence-corrected chi connectivity index (χ3v) is 5.64. The molecule has 2 aliphatic heterocycles. The van der Waals surface area contributed by atoms with Crippen LogP contribution in [0.2, 0.25) is 5.02 Å². The van der Waals surface area contributed by atoms with Gasteiger partial charge in [-0.1, -0.05) is 23.7 Å². The standard InChI is InChI=1S/C20H21ClN3O3/c21-16-8-10-17(11-9-16)22-14-20(25,23-12-3-1-2-7-19(22)23)15-5-4-6-18(13-15)24(26)27/h4-6,8-11,13,25H,1-3,7,12,14H2/q+1. The number of hydrogen-bond donors (Lipinski definition) is 1. The van der Waals surface area contributed by atoms with Gasteiger partial charge in [0.2, 0.25) is 0 Å². The van der Waals surface area contributed by atoms with Crippen LogP contribution >= 0.6 is 11.6 Å². The van der Waals surface area contributed by atoms with E-state index in [1.165, 1.54) is 12.1 Å². The molecule has 1 unspecified atom stereocenters. The number of hydrogen-bond acceptors (Lipinski definition) is 4. The van der Waals surface area contributed by atoms with E-state index in [-0.39, 0.29) is 5.69 Å². The van der Waals surface area contributed by atoms with Crippen molar-refractivity contribution in [3.05, 3.63) is 69.2 Å². The van der Waals surface area contributed by atoms with Crippen LogP contribution in [0.3, 0.4) is 0 Å². The van der Waals surface area contributed by atoms with Crippen molar-refractivity contribution < 1.29 is 14.6 Å². The van der Waals surface area contributed by atoms with Gasteiger partial charge in [0, 0.05) is 29.1 Å². The number of aliphatic hydroxyl groups is 1. The average molecular weight is 387 g/mol. The Bertz CT molecular complexity index is 913. The first kappa shape index (κ1) is 17.9. The van der Waals surface area contributed by atoms with Crippen molar-refractivity contribution in [3.63, 3.8) is 0 Å². The third kappa shape index (κ3) is 3.19. The SMILES string of the molecule is O=[N+]([O-])c1cccc(C2(O)CN(c3ccc(Cl)cc3)C3=[N+]2CCCCC3)c1. The first-order valence-corrected chi connectivity index (χ1v) is 9.51. The molecule has 1 N–H and O–H groups in total. The van der Waals surface area contributed by atoms with Gasteiger partial charge < -0.3 is 5.11 Å². The van der Waals surface area contributed by atoms with Gasteiger partial charge >= 0.3 is 0 Å². The van der Waals surface area contributed by atoms with Crippen LogP contribution in [-0.2, 0) is 5.72 Å². The van der Waals surface area contributed by atoms with Crippen LogP contribution in [0.25, 0.3) is 0 Å². The van der Waals surface area contributed by atoms with Crippen LogP contribution in [0.1, 0.15) is 31.2 Å². The maximum Gasteiger partial charge on any atom is 0.271 e. The largest absolute Gasteiger partial charge is 0.346 e. The number of nitro groups is 1. The van der Waals surface area contributed by atoms with Crippen molar-refractivity contribution in [2.75, 3.05) is 18.0 Å². The molecule has 6 nitrogen and oxygen atoms in total. The lowest BCUT2D eigenvalue weighted by Gasteiger charge is -2.23. The predicted molar refractivity (Wildman–Crippen MR) is 104 cm³/mol. The highest BCUT2D eigenvalue weighted by Gasteiger charge is 2.52. The van der Waals surface area contributed by atoms with Crippen LogP contribution in [0.15, 0.2) is 48.5 Å². The smallest absolute Gasteiger partial charge is 0.271 e. The molecule has 2 heterocycles. The summed E-state index contributed by atoms with van der Waals surface area (Å²) < 4.78 is 2.02. The van der Waals surface area contributed by atoms with Gasteiger partial charge in [-0.3, -0.25) is 10.1 Å². The maximum absolute atomic E-state index is 11.7. The summed E-state index contributed by atoms with van der Waals surface area (Å²) in [7, 11) is 0. The minimum Gasteiger partial charge on any atom is -0.346 e. The molecule has 4 rings (SSSR count). The van der Waals surface area contributed by atoms with Crippen molar-refractivity contribution in [3.8, 4) is 0 Å². The lowest BCUT2D eigenvalue weighted by Crippen LogP contribution is -2.41. The Hall–Kier alpha value is -2.44. The molecule has 2 aromatic carbocycles. The summed E-state index contributed by atoms with van der Waals surface area (Å²) in [6.07, 6.45) is 4.00. The molecule has 0 fully saturated rings. The van der Waals surface area contributed by atoms with Gasteiger partial charge in [-0.25, -0.2) is 9.48 Å². The first-order chi connectivity index (χ1) is 13.0. The summed E-state index contributed by atoms with van der Waals surface area (Å²) in [6, 6.07) is 13.9. The Labute approximate surface area is 162 Å². The fourth-order valence-corrected chi connectivity index (χ4v) is 4.17. The summed E-state index contributed by atoms with van der Waals surface area (Å²) >= 11 is 6.03. The van der Waals surface area contributed by atoms with Gasteiger partial charge in [0.1, 0.15) is 5.69 Å². The molecule has 0 saturated heterocycles. The molecule has 0 spiro atoms. The van der Waals surface area contributed by atoms with E-state index in [4.69, 9.17) is 11.6 Å². The molecule has 0 amide bonds. The number of benzene rings is 2. The minimum absolute atomic E-state index is 0.0118. The lowest BCUT2D eigenvalue weighted by atomic mass is 10.0. The van der Waals surface area contributed by atoms with Crippen LogP contribution in [-0.4, -0.2) is 33.5 Å². The Morgan fingerprint density at radius 1 is 1.15 bits per heavy atom. The number of halogens is 1. The topological polar surface area (TPSA) is 69.6 Å². The van der Waals surface area contributed by atoms with Gasteiger partial charge in [-0.15, -0.1) is 0 Å². The molecule has 2 aliphatic rings. The molecular formula is C20H21ClN3O3+. The number of rotatable bonds is 3. The normalized spacial score (nSPS) is 22.5. The van der Waals surface area contributed by atoms with E-state index in [0.717, 1.165) is 43.8 Å². The van der Waals surface area contributed by atoms with Gasteiger partial charge in [-0.05, 0) is 43.5 Å². The van der Waals surface area contributed by atoms with E-state index in [1.54, 1.807) is 12.1 Å². The molecule has 1 atom stereocenters. The Morgan fingerprint density at radius 2 is 1.93 bits per heavy atom. The molecule has 0 aliphatic carbocycles. The highest BCUT2D eigenvalue weighted by molar-refractivity contribution is 6.30. The molecule has 0 radical (unpaired) electrons. The molecule has 0 aromatic heterocycles. The zero-order chi connectivity index (χ0) is 19.0. The summed E-state index contributed by atoms with van der Waals surface area (Å²) in [5.74, 6) is 1.06. The van der Waals surface area contributed by atoms with Crippen LogP contribution in [0.4, 0.5) is 11.4 Å². The van der Waals surface area contributed by atoms with E-state index in [0.29, 0.717) is 17.1 Å². The second kappa shape index (κ2) is 6.94. The number of nitrogens with zero attached hydrogens (tertiary/aromatic N) is 3. The summed E-state index contributed by atoms with van der Waals surface area (Å²) in [6.45, 7) is 1.05. The van der Waals surface area contributed by atoms with Gasteiger partial charge in [0.05, 0.1) is 11.5 Å². The number of β-amino-alcohol motifs (C(OH)–C–C–N with tert-alkyl or cyclic N) is 1. The molecule has 140 valence electrons. The highest BCUT2D eigenvalue weighted by atomic mass is 35.5.